The Morgan fingerprint density at radius 3 is 0.667 bits per heavy atom. The summed E-state index contributed by atoms with van der Waals surface area (Å²) < 4.78 is 29.1. The molecular formula is C27H27N3O15. The molecule has 1 aromatic rings. The second kappa shape index (κ2) is 14.2. The summed E-state index contributed by atoms with van der Waals surface area (Å²) in [4.78, 5) is 116. The smallest absolute Gasteiger partial charge is 0.351 e. The molecule has 1 rings (SSSR count). The molecule has 1 heterocycles. The van der Waals surface area contributed by atoms with Crippen molar-refractivity contribution in [2.45, 2.75) is 38.5 Å². The molecule has 18 heteroatoms. The lowest BCUT2D eigenvalue weighted by Crippen LogP contribution is -2.68. The van der Waals surface area contributed by atoms with Crippen molar-refractivity contribution in [2.24, 2.45) is 0 Å². The Bertz CT molecular complexity index is 1400. The summed E-state index contributed by atoms with van der Waals surface area (Å²) in [6, 6.07) is 0. The minimum Gasteiger partial charge on any atom is -0.400 e. The van der Waals surface area contributed by atoms with Crippen LogP contribution in [-0.2, 0) is 74.9 Å². The van der Waals surface area contributed by atoms with Crippen molar-refractivity contribution in [2.75, 3.05) is 0 Å². The highest BCUT2D eigenvalue weighted by molar-refractivity contribution is 5.84. The molecule has 0 bridgehead atoms. The van der Waals surface area contributed by atoms with Crippen molar-refractivity contribution in [1.82, 2.24) is 13.7 Å². The van der Waals surface area contributed by atoms with E-state index in [1.54, 1.807) is 0 Å². The van der Waals surface area contributed by atoms with E-state index < -0.39 is 70.6 Å². The molecule has 18 nitrogen and oxygen atoms in total. The zero-order valence-electron chi connectivity index (χ0n) is 24.2. The van der Waals surface area contributed by atoms with Gasteiger partial charge in [0, 0.05) is 57.2 Å². The molecule has 0 amide bonds. The Balaban J connectivity index is 4.79. The molecule has 0 saturated carbocycles. The number of esters is 6. The molecule has 1 aromatic heterocycles. The van der Waals surface area contributed by atoms with Gasteiger partial charge in [0.1, 0.15) is 0 Å². The quantitative estimate of drug-likeness (QED) is 0.102. The van der Waals surface area contributed by atoms with Crippen LogP contribution in [0.15, 0.2) is 90.3 Å². The molecule has 0 unspecified atom stereocenters. The van der Waals surface area contributed by atoms with Gasteiger partial charge in [0.2, 0.25) is 0 Å². The van der Waals surface area contributed by atoms with E-state index in [-0.39, 0.29) is 13.7 Å². The average Bonchev–Trinajstić information content (AvgIpc) is 2.95. The number of rotatable bonds is 15. The van der Waals surface area contributed by atoms with Crippen LogP contribution in [0.2, 0.25) is 0 Å². The lowest BCUT2D eigenvalue weighted by atomic mass is 10.4. The molecule has 240 valence electrons. The van der Waals surface area contributed by atoms with Crippen LogP contribution < -0.4 is 17.1 Å². The number of nitrogens with zero attached hydrogens (tertiary/aromatic N) is 3. The third-order valence-corrected chi connectivity index (χ3v) is 5.11. The van der Waals surface area contributed by atoms with Gasteiger partial charge in [-0.3, -0.25) is 0 Å². The molecule has 45 heavy (non-hydrogen) atoms. The normalized spacial score (nSPS) is 11.0. The summed E-state index contributed by atoms with van der Waals surface area (Å²) in [7, 11) is 0. The number of hydrogen-bond donors (Lipinski definition) is 0. The molecule has 0 aliphatic rings. The van der Waals surface area contributed by atoms with Crippen molar-refractivity contribution >= 4 is 35.8 Å². The second-order valence-electron chi connectivity index (χ2n) is 8.30. The summed E-state index contributed by atoms with van der Waals surface area (Å²) in [5, 5.41) is 0. The Morgan fingerprint density at radius 1 is 0.422 bits per heavy atom. The summed E-state index contributed by atoms with van der Waals surface area (Å²) in [6.45, 7) is 20.8. The highest BCUT2D eigenvalue weighted by atomic mass is 16.8. The molecule has 0 fully saturated rings. The average molecular weight is 634 g/mol. The number of carbonyl (C=O) groups excluding carboxylic acids is 6. The Kier molecular flexibility index (Phi) is 11.6. The Morgan fingerprint density at radius 2 is 0.556 bits per heavy atom. The standard InChI is InChI=1S/C27H27N3O15/c1-10-16(31)40-25(7,41-17(32)11-2)28-22(37)29(26(8,42-18(33)12-3)43-19(34)13-4)24(39)30(23(28)38)27(9,44-20(35)14-5)45-21(36)15-6/h10-15H,1-6H2,7-9H3. The van der Waals surface area contributed by atoms with Gasteiger partial charge >= 0.3 is 70.6 Å². The van der Waals surface area contributed by atoms with Gasteiger partial charge in [-0.25, -0.2) is 43.2 Å². The largest absolute Gasteiger partial charge is 0.400 e. The molecule has 0 aliphatic heterocycles. The van der Waals surface area contributed by atoms with E-state index in [9.17, 15) is 43.2 Å². The van der Waals surface area contributed by atoms with Crippen molar-refractivity contribution in [1.29, 1.82) is 0 Å². The lowest BCUT2D eigenvalue weighted by molar-refractivity contribution is -0.274. The molecule has 0 N–H and O–H groups in total. The maximum absolute atomic E-state index is 14.0. The Labute approximate surface area is 252 Å². The fourth-order valence-corrected chi connectivity index (χ4v) is 3.29. The molecule has 0 aromatic carbocycles. The van der Waals surface area contributed by atoms with Gasteiger partial charge in [0.05, 0.1) is 0 Å². The monoisotopic (exact) mass is 633 g/mol. The van der Waals surface area contributed by atoms with Crippen molar-refractivity contribution < 1.29 is 57.2 Å². The van der Waals surface area contributed by atoms with Crippen molar-refractivity contribution in [3.8, 4) is 0 Å². The zero-order valence-corrected chi connectivity index (χ0v) is 24.2. The van der Waals surface area contributed by atoms with Gasteiger partial charge in [0.25, 0.3) is 0 Å². The van der Waals surface area contributed by atoms with E-state index in [1.807, 2.05) is 0 Å². The molecule has 0 saturated heterocycles. The second-order valence-corrected chi connectivity index (χ2v) is 8.30. The third kappa shape index (κ3) is 7.95. The molecular weight excluding hydrogens is 606 g/mol. The first kappa shape index (κ1) is 36.7. The third-order valence-electron chi connectivity index (χ3n) is 5.11. The van der Waals surface area contributed by atoms with Crippen LogP contribution >= 0.6 is 0 Å². The predicted molar refractivity (Wildman–Crippen MR) is 148 cm³/mol. The predicted octanol–water partition coefficient (Wildman–Crippen LogP) is -0.562. The zero-order chi connectivity index (χ0) is 34.9. The minimum absolute atomic E-state index is 0.263. The van der Waals surface area contributed by atoms with E-state index in [0.29, 0.717) is 57.2 Å². The first-order chi connectivity index (χ1) is 20.8. The van der Waals surface area contributed by atoms with E-state index in [2.05, 4.69) is 39.5 Å². The molecule has 0 atom stereocenters. The van der Waals surface area contributed by atoms with Gasteiger partial charge in [-0.1, -0.05) is 39.5 Å². The molecule has 0 spiro atoms. The fraction of sp³-hybridized carbons (Fsp3) is 0.222. The summed E-state index contributed by atoms with van der Waals surface area (Å²) >= 11 is 0. The van der Waals surface area contributed by atoms with Crippen LogP contribution in [0.4, 0.5) is 0 Å². The Hall–Kier alpha value is -6.33. The summed E-state index contributed by atoms with van der Waals surface area (Å²) in [5.41, 5.74) is -5.91. The van der Waals surface area contributed by atoms with E-state index >= 15 is 0 Å². The van der Waals surface area contributed by atoms with E-state index in [4.69, 9.17) is 28.4 Å². The van der Waals surface area contributed by atoms with Crippen LogP contribution in [0.3, 0.4) is 0 Å². The first-order valence-corrected chi connectivity index (χ1v) is 12.0. The highest BCUT2D eigenvalue weighted by Gasteiger charge is 2.49. The van der Waals surface area contributed by atoms with Crippen LogP contribution in [0.25, 0.3) is 0 Å². The van der Waals surface area contributed by atoms with Crippen LogP contribution in [0.5, 0.6) is 0 Å². The van der Waals surface area contributed by atoms with Crippen molar-refractivity contribution in [3.05, 3.63) is 107 Å². The number of aromatic nitrogens is 3. The van der Waals surface area contributed by atoms with Gasteiger partial charge < -0.3 is 28.4 Å². The van der Waals surface area contributed by atoms with E-state index in [0.717, 1.165) is 0 Å². The number of hydrogen-bond acceptors (Lipinski definition) is 15. The lowest BCUT2D eigenvalue weighted by Gasteiger charge is -2.35. The van der Waals surface area contributed by atoms with Crippen LogP contribution in [0.1, 0.15) is 20.8 Å². The van der Waals surface area contributed by atoms with Crippen LogP contribution in [0, 0.1) is 0 Å². The van der Waals surface area contributed by atoms with Gasteiger partial charge in [-0.05, 0) is 0 Å². The van der Waals surface area contributed by atoms with Gasteiger partial charge in [-0.15, -0.1) is 0 Å². The highest BCUT2D eigenvalue weighted by Crippen LogP contribution is 2.23. The van der Waals surface area contributed by atoms with Crippen molar-refractivity contribution in [3.63, 3.8) is 0 Å². The number of carbonyl (C=O) groups is 6. The fourth-order valence-electron chi connectivity index (χ4n) is 3.29. The van der Waals surface area contributed by atoms with Crippen LogP contribution in [-0.4, -0.2) is 49.5 Å². The van der Waals surface area contributed by atoms with Gasteiger partial charge in [0.15, 0.2) is 0 Å². The summed E-state index contributed by atoms with van der Waals surface area (Å²) in [6.07, 6.45) is 3.10. The minimum atomic E-state index is -3.19. The van der Waals surface area contributed by atoms with Gasteiger partial charge in [-0.2, -0.15) is 13.7 Å². The first-order valence-electron chi connectivity index (χ1n) is 12.0. The number of ether oxygens (including phenoxy) is 6. The van der Waals surface area contributed by atoms with E-state index in [1.165, 1.54) is 0 Å². The topological polar surface area (TPSA) is 224 Å². The maximum atomic E-state index is 14.0. The molecule has 0 aliphatic carbocycles. The summed E-state index contributed by atoms with van der Waals surface area (Å²) in [5.74, 6) is -18.2. The molecule has 0 radical (unpaired) electrons. The SMILES string of the molecule is C=CC(=O)OC(C)(OC(=O)C=C)n1c(=O)n(C(C)(OC(=O)C=C)OC(=O)C=C)c(=O)n(C(C)(OC(=O)C=C)OC(=O)C=C)c1=O. The maximum Gasteiger partial charge on any atom is 0.351 e.